The average Bonchev–Trinajstić information content (AvgIpc) is 2.61. The Morgan fingerprint density at radius 3 is 2.42 bits per heavy atom. The molecule has 26 heavy (non-hydrogen) atoms. The fourth-order valence-electron chi connectivity index (χ4n) is 2.61. The van der Waals surface area contributed by atoms with E-state index < -0.39 is 17.5 Å². The highest BCUT2D eigenvalue weighted by Gasteiger charge is 2.14. The van der Waals surface area contributed by atoms with E-state index in [1.54, 1.807) is 13.8 Å². The van der Waals surface area contributed by atoms with Crippen LogP contribution in [0.25, 0.3) is 0 Å². The van der Waals surface area contributed by atoms with Gasteiger partial charge in [-0.2, -0.15) is 5.26 Å². The summed E-state index contributed by atoms with van der Waals surface area (Å²) in [5.74, 6) is -0.616. The molecule has 0 atom stereocenters. The van der Waals surface area contributed by atoms with E-state index in [2.05, 4.69) is 9.72 Å². The van der Waals surface area contributed by atoms with Gasteiger partial charge in [-0.3, -0.25) is 9.59 Å². The van der Waals surface area contributed by atoms with Crippen molar-refractivity contribution in [2.75, 3.05) is 7.11 Å². The van der Waals surface area contributed by atoms with Crippen molar-refractivity contribution in [3.63, 3.8) is 0 Å². The van der Waals surface area contributed by atoms with Crippen LogP contribution in [0.1, 0.15) is 39.2 Å². The molecule has 0 aliphatic rings. The van der Waals surface area contributed by atoms with Gasteiger partial charge in [0.2, 0.25) is 0 Å². The van der Waals surface area contributed by atoms with Crippen LogP contribution in [0.2, 0.25) is 0 Å². The van der Waals surface area contributed by atoms with Crippen LogP contribution in [-0.2, 0) is 16.0 Å². The first-order chi connectivity index (χ1) is 12.4. The molecular weight excluding hydrogens is 336 g/mol. The maximum absolute atomic E-state index is 12.1. The van der Waals surface area contributed by atoms with Crippen molar-refractivity contribution in [3.05, 3.63) is 62.6 Å². The van der Waals surface area contributed by atoms with Crippen LogP contribution in [0.5, 0.6) is 5.75 Å². The summed E-state index contributed by atoms with van der Waals surface area (Å²) >= 11 is 0. The van der Waals surface area contributed by atoms with Crippen LogP contribution >= 0.6 is 0 Å². The second-order valence-electron chi connectivity index (χ2n) is 5.66. The van der Waals surface area contributed by atoms with Crippen LogP contribution in [0.15, 0.2) is 29.1 Å². The molecule has 0 fully saturated rings. The predicted molar refractivity (Wildman–Crippen MR) is 93.0 cm³/mol. The van der Waals surface area contributed by atoms with Crippen LogP contribution in [0.3, 0.4) is 0 Å². The molecule has 2 aromatic rings. The predicted octanol–water partition coefficient (Wildman–Crippen LogP) is 2.19. The number of nitrogens with one attached hydrogen (secondary N) is 1. The van der Waals surface area contributed by atoms with Gasteiger partial charge in [0.05, 0.1) is 19.1 Å². The molecule has 134 valence electrons. The monoisotopic (exact) mass is 354 g/mol. The van der Waals surface area contributed by atoms with Gasteiger partial charge in [-0.25, -0.2) is 4.79 Å². The smallest absolute Gasteiger partial charge is 0.337 e. The third kappa shape index (κ3) is 4.16. The zero-order valence-corrected chi connectivity index (χ0v) is 14.7. The largest absolute Gasteiger partial charge is 0.465 e. The molecule has 1 aromatic carbocycles. The summed E-state index contributed by atoms with van der Waals surface area (Å²) in [6, 6.07) is 7.90. The number of carbonyl (C=O) groups excluding carboxylic acids is 2. The maximum atomic E-state index is 12.1. The van der Waals surface area contributed by atoms with Gasteiger partial charge in [-0.15, -0.1) is 0 Å². The SMILES string of the molecule is COC(=O)c1ccc(OC(=O)CCc2c(C)[nH]c(=O)c(C#N)c2C)cc1. The number of esters is 2. The molecule has 1 N–H and O–H groups in total. The zero-order chi connectivity index (χ0) is 19.3. The van der Waals surface area contributed by atoms with Gasteiger partial charge in [-0.05, 0) is 55.7 Å². The Balaban J connectivity index is 2.05. The van der Waals surface area contributed by atoms with Crippen molar-refractivity contribution in [2.45, 2.75) is 26.7 Å². The van der Waals surface area contributed by atoms with Gasteiger partial charge < -0.3 is 14.5 Å². The van der Waals surface area contributed by atoms with E-state index in [9.17, 15) is 14.4 Å². The second kappa shape index (κ2) is 8.12. The summed E-state index contributed by atoms with van der Waals surface area (Å²) in [5.41, 5.74) is 1.93. The van der Waals surface area contributed by atoms with Crippen LogP contribution in [-0.4, -0.2) is 24.0 Å². The third-order valence-electron chi connectivity index (χ3n) is 4.01. The number of ether oxygens (including phenoxy) is 2. The van der Waals surface area contributed by atoms with Gasteiger partial charge in [0.15, 0.2) is 0 Å². The molecule has 0 spiro atoms. The Hall–Kier alpha value is -3.40. The first-order valence-electron chi connectivity index (χ1n) is 7.89. The molecule has 0 aliphatic carbocycles. The van der Waals surface area contributed by atoms with E-state index in [0.29, 0.717) is 29.0 Å². The number of hydrogen-bond acceptors (Lipinski definition) is 6. The number of pyridine rings is 1. The summed E-state index contributed by atoms with van der Waals surface area (Å²) in [4.78, 5) is 37.8. The summed E-state index contributed by atoms with van der Waals surface area (Å²) < 4.78 is 9.84. The third-order valence-corrected chi connectivity index (χ3v) is 4.01. The maximum Gasteiger partial charge on any atom is 0.337 e. The highest BCUT2D eigenvalue weighted by atomic mass is 16.5. The number of benzene rings is 1. The topological polar surface area (TPSA) is 109 Å². The number of nitriles is 1. The Kier molecular flexibility index (Phi) is 5.91. The lowest BCUT2D eigenvalue weighted by Gasteiger charge is -2.10. The summed E-state index contributed by atoms with van der Waals surface area (Å²) in [6.07, 6.45) is 0.416. The fraction of sp³-hybridized carbons (Fsp3) is 0.263. The minimum Gasteiger partial charge on any atom is -0.465 e. The van der Waals surface area contributed by atoms with E-state index in [-0.39, 0.29) is 12.0 Å². The van der Waals surface area contributed by atoms with Crippen molar-refractivity contribution < 1.29 is 19.1 Å². The number of aryl methyl sites for hydroxylation is 1. The molecule has 0 saturated carbocycles. The zero-order valence-electron chi connectivity index (χ0n) is 14.7. The minimum atomic E-state index is -0.472. The summed E-state index contributed by atoms with van der Waals surface area (Å²) in [6.45, 7) is 3.41. The van der Waals surface area contributed by atoms with Gasteiger partial charge in [-0.1, -0.05) is 0 Å². The van der Waals surface area contributed by atoms with E-state index in [4.69, 9.17) is 10.00 Å². The number of rotatable bonds is 5. The number of hydrogen-bond donors (Lipinski definition) is 1. The molecule has 0 saturated heterocycles. The highest BCUT2D eigenvalue weighted by molar-refractivity contribution is 5.89. The number of methoxy groups -OCH3 is 1. The summed E-state index contributed by atoms with van der Waals surface area (Å²) in [7, 11) is 1.29. The normalized spacial score (nSPS) is 10.1. The lowest BCUT2D eigenvalue weighted by molar-refractivity contribution is -0.134. The molecule has 1 heterocycles. The number of carbonyl (C=O) groups is 2. The Morgan fingerprint density at radius 1 is 1.19 bits per heavy atom. The highest BCUT2D eigenvalue weighted by Crippen LogP contribution is 2.17. The number of aromatic nitrogens is 1. The van der Waals surface area contributed by atoms with Gasteiger partial charge in [0, 0.05) is 5.69 Å². The van der Waals surface area contributed by atoms with E-state index in [1.165, 1.54) is 31.4 Å². The first kappa shape index (κ1) is 18.9. The Morgan fingerprint density at radius 2 is 1.85 bits per heavy atom. The molecule has 1 aromatic heterocycles. The quantitative estimate of drug-likeness (QED) is 0.651. The molecule has 0 radical (unpaired) electrons. The molecule has 7 heteroatoms. The lowest BCUT2D eigenvalue weighted by atomic mass is 9.99. The summed E-state index contributed by atoms with van der Waals surface area (Å²) in [5, 5.41) is 9.07. The van der Waals surface area contributed by atoms with Crippen LogP contribution in [0.4, 0.5) is 0 Å². The Bertz CT molecular complexity index is 936. The van der Waals surface area contributed by atoms with Gasteiger partial charge in [0.1, 0.15) is 17.4 Å². The molecule has 0 amide bonds. The van der Waals surface area contributed by atoms with Crippen molar-refractivity contribution in [2.24, 2.45) is 0 Å². The van der Waals surface area contributed by atoms with E-state index in [0.717, 1.165) is 5.56 Å². The molecule has 0 bridgehead atoms. The number of H-pyrrole nitrogens is 1. The van der Waals surface area contributed by atoms with Crippen molar-refractivity contribution in [1.82, 2.24) is 4.98 Å². The first-order valence-corrected chi connectivity index (χ1v) is 7.89. The molecule has 0 unspecified atom stereocenters. The lowest BCUT2D eigenvalue weighted by Crippen LogP contribution is -2.18. The van der Waals surface area contributed by atoms with Gasteiger partial charge >= 0.3 is 11.9 Å². The van der Waals surface area contributed by atoms with Crippen LogP contribution in [0, 0.1) is 25.2 Å². The molecule has 2 rings (SSSR count). The molecule has 7 nitrogen and oxygen atoms in total. The van der Waals surface area contributed by atoms with Crippen molar-refractivity contribution in [1.29, 1.82) is 5.26 Å². The molecule has 0 aliphatic heterocycles. The van der Waals surface area contributed by atoms with Crippen LogP contribution < -0.4 is 10.3 Å². The van der Waals surface area contributed by atoms with E-state index >= 15 is 0 Å². The van der Waals surface area contributed by atoms with Crippen molar-refractivity contribution >= 4 is 11.9 Å². The number of nitrogens with zero attached hydrogens (tertiary/aromatic N) is 1. The van der Waals surface area contributed by atoms with Gasteiger partial charge in [0.25, 0.3) is 5.56 Å². The Labute approximate surface area is 150 Å². The van der Waals surface area contributed by atoms with E-state index in [1.807, 2.05) is 6.07 Å². The minimum absolute atomic E-state index is 0.0531. The molecular formula is C19H18N2O5. The van der Waals surface area contributed by atoms with Crippen molar-refractivity contribution in [3.8, 4) is 11.8 Å². The standard InChI is InChI=1S/C19H18N2O5/c1-11-15(12(2)21-18(23)16(11)10-20)8-9-17(22)26-14-6-4-13(5-7-14)19(24)25-3/h4-7H,8-9H2,1-3H3,(H,21,23). The average molecular weight is 354 g/mol. The second-order valence-corrected chi connectivity index (χ2v) is 5.66. The fourth-order valence-corrected chi connectivity index (χ4v) is 2.61. The number of aromatic amines is 1.